The summed E-state index contributed by atoms with van der Waals surface area (Å²) < 4.78 is 1.78. The van der Waals surface area contributed by atoms with Crippen LogP contribution in [0.1, 0.15) is 21.5 Å². The summed E-state index contributed by atoms with van der Waals surface area (Å²) in [5.41, 5.74) is 2.72. The Hall–Kier alpha value is -3.43. The number of aromatic nitrogens is 3. The summed E-state index contributed by atoms with van der Waals surface area (Å²) in [5.74, 6) is -1.08. The van der Waals surface area contributed by atoms with Crippen LogP contribution in [0.3, 0.4) is 0 Å². The van der Waals surface area contributed by atoms with E-state index >= 15 is 0 Å². The Kier molecular flexibility index (Phi) is 3.79. The molecule has 0 radical (unpaired) electrons. The molecule has 0 unspecified atom stereocenters. The Bertz CT molecular complexity index is 1220. The number of carboxylic acids is 1. The van der Waals surface area contributed by atoms with Crippen molar-refractivity contribution in [2.24, 2.45) is 0 Å². The molecule has 0 bridgehead atoms. The lowest BCUT2D eigenvalue weighted by Gasteiger charge is -2.07. The average Bonchev–Trinajstić information content (AvgIpc) is 3.00. The van der Waals surface area contributed by atoms with Gasteiger partial charge in [-0.25, -0.2) is 4.79 Å². The minimum absolute atomic E-state index is 0.0875. The molecule has 126 valence electrons. The second-order valence-corrected chi connectivity index (χ2v) is 6.29. The summed E-state index contributed by atoms with van der Waals surface area (Å²) in [6.45, 7) is 0.433. The number of pyridine rings is 2. The van der Waals surface area contributed by atoms with E-state index in [2.05, 4.69) is 9.97 Å². The second-order valence-electron chi connectivity index (χ2n) is 5.85. The van der Waals surface area contributed by atoms with E-state index in [0.717, 1.165) is 16.5 Å². The van der Waals surface area contributed by atoms with Gasteiger partial charge in [0, 0.05) is 35.9 Å². The molecule has 3 aromatic heterocycles. The third kappa shape index (κ3) is 2.65. The Morgan fingerprint density at radius 1 is 1.27 bits per heavy atom. The number of benzene rings is 1. The number of nitrogens with zero attached hydrogens (tertiary/aromatic N) is 4. The van der Waals surface area contributed by atoms with Crippen LogP contribution < -0.4 is 0 Å². The maximum absolute atomic E-state index is 11.6. The Morgan fingerprint density at radius 3 is 2.88 bits per heavy atom. The van der Waals surface area contributed by atoms with Crippen molar-refractivity contribution in [3.63, 3.8) is 0 Å². The van der Waals surface area contributed by atoms with Crippen LogP contribution in [0.2, 0.25) is 5.02 Å². The summed E-state index contributed by atoms with van der Waals surface area (Å²) in [7, 11) is 0. The van der Waals surface area contributed by atoms with Gasteiger partial charge in [0.1, 0.15) is 6.07 Å². The molecule has 0 saturated heterocycles. The van der Waals surface area contributed by atoms with Crippen molar-refractivity contribution in [1.29, 1.82) is 5.26 Å². The van der Waals surface area contributed by atoms with Crippen molar-refractivity contribution in [3.8, 4) is 6.07 Å². The van der Waals surface area contributed by atoms with Crippen LogP contribution in [-0.2, 0) is 6.54 Å². The van der Waals surface area contributed by atoms with Crippen molar-refractivity contribution in [2.45, 2.75) is 6.54 Å². The van der Waals surface area contributed by atoms with Gasteiger partial charge in [0.05, 0.1) is 33.4 Å². The first kappa shape index (κ1) is 16.1. The number of hydrogen-bond acceptors (Lipinski definition) is 4. The molecule has 0 saturated carbocycles. The fraction of sp³-hybridized carbons (Fsp3) is 0.0526. The Balaban J connectivity index is 1.85. The summed E-state index contributed by atoms with van der Waals surface area (Å²) in [5, 5.41) is 20.6. The molecule has 3 heterocycles. The zero-order chi connectivity index (χ0) is 18.3. The molecule has 0 aliphatic carbocycles. The number of carboxylic acid groups (broad SMARTS) is 1. The third-order valence-corrected chi connectivity index (χ3v) is 4.41. The molecule has 1 N–H and O–H groups in total. The first-order valence-corrected chi connectivity index (χ1v) is 8.09. The lowest BCUT2D eigenvalue weighted by Crippen LogP contribution is -1.99. The van der Waals surface area contributed by atoms with E-state index in [4.69, 9.17) is 11.6 Å². The van der Waals surface area contributed by atoms with Gasteiger partial charge in [-0.05, 0) is 23.8 Å². The van der Waals surface area contributed by atoms with Crippen molar-refractivity contribution < 1.29 is 9.90 Å². The van der Waals surface area contributed by atoms with Gasteiger partial charge < -0.3 is 9.67 Å². The molecule has 1 aromatic carbocycles. The highest BCUT2D eigenvalue weighted by atomic mass is 35.5. The second kappa shape index (κ2) is 6.14. The van der Waals surface area contributed by atoms with E-state index in [0.29, 0.717) is 22.5 Å². The molecule has 0 amide bonds. The summed E-state index contributed by atoms with van der Waals surface area (Å²) in [4.78, 5) is 19.9. The highest BCUT2D eigenvalue weighted by Crippen LogP contribution is 2.26. The van der Waals surface area contributed by atoms with Crippen LogP contribution in [0.15, 0.2) is 49.1 Å². The quantitative estimate of drug-likeness (QED) is 0.597. The lowest BCUT2D eigenvalue weighted by molar-refractivity contribution is 0.0698. The van der Waals surface area contributed by atoms with Crippen molar-refractivity contribution in [2.75, 3.05) is 0 Å². The molecule has 0 fully saturated rings. The predicted molar refractivity (Wildman–Crippen MR) is 97.3 cm³/mol. The fourth-order valence-electron chi connectivity index (χ4n) is 3.07. The summed E-state index contributed by atoms with van der Waals surface area (Å²) in [6.07, 6.45) is 6.08. The average molecular weight is 363 g/mol. The summed E-state index contributed by atoms with van der Waals surface area (Å²) in [6, 6.07) is 9.62. The van der Waals surface area contributed by atoms with E-state index < -0.39 is 5.97 Å². The monoisotopic (exact) mass is 362 g/mol. The zero-order valence-electron chi connectivity index (χ0n) is 13.3. The van der Waals surface area contributed by atoms with Gasteiger partial charge in [0.15, 0.2) is 0 Å². The normalized spacial score (nSPS) is 10.9. The first-order chi connectivity index (χ1) is 12.6. The maximum atomic E-state index is 11.6. The van der Waals surface area contributed by atoms with Gasteiger partial charge in [-0.2, -0.15) is 5.26 Å². The van der Waals surface area contributed by atoms with Gasteiger partial charge >= 0.3 is 5.97 Å². The van der Waals surface area contributed by atoms with Crippen LogP contribution in [0.25, 0.3) is 21.8 Å². The number of rotatable bonds is 3. The first-order valence-electron chi connectivity index (χ1n) is 7.71. The van der Waals surface area contributed by atoms with E-state index in [1.165, 1.54) is 12.4 Å². The lowest BCUT2D eigenvalue weighted by atomic mass is 10.1. The van der Waals surface area contributed by atoms with Gasteiger partial charge in [-0.1, -0.05) is 17.7 Å². The topological polar surface area (TPSA) is 91.8 Å². The Labute approximate surface area is 152 Å². The number of hydrogen-bond donors (Lipinski definition) is 1. The van der Waals surface area contributed by atoms with Gasteiger partial charge in [-0.3, -0.25) is 9.97 Å². The standard InChI is InChI=1S/C19H11ClN4O2/c20-14-4-12-3-11(1-2-16(12)23-7-14)9-24-10-15(19(25)26)18-13(5-21)6-22-8-17(18)24/h1-4,6-8,10H,9H2,(H,25,26). The molecule has 0 spiro atoms. The van der Waals surface area contributed by atoms with Crippen molar-refractivity contribution >= 4 is 39.4 Å². The summed E-state index contributed by atoms with van der Waals surface area (Å²) >= 11 is 6.01. The molecule has 7 heteroatoms. The number of fused-ring (bicyclic) bond motifs is 2. The van der Waals surface area contributed by atoms with Crippen molar-refractivity contribution in [1.82, 2.24) is 14.5 Å². The zero-order valence-corrected chi connectivity index (χ0v) is 14.1. The van der Waals surface area contributed by atoms with E-state index in [1.54, 1.807) is 17.0 Å². The van der Waals surface area contributed by atoms with Gasteiger partial charge in [0.25, 0.3) is 0 Å². The van der Waals surface area contributed by atoms with Crippen LogP contribution in [0, 0.1) is 11.3 Å². The van der Waals surface area contributed by atoms with Crippen LogP contribution in [0.4, 0.5) is 0 Å². The SMILES string of the molecule is N#Cc1cncc2c1c(C(=O)O)cn2Cc1ccc2ncc(Cl)cc2c1. The minimum atomic E-state index is -1.08. The number of nitriles is 1. The smallest absolute Gasteiger partial charge is 0.337 e. The molecular formula is C19H11ClN4O2. The fourth-order valence-corrected chi connectivity index (χ4v) is 3.23. The van der Waals surface area contributed by atoms with Crippen molar-refractivity contribution in [3.05, 3.63) is 70.8 Å². The molecule has 6 nitrogen and oxygen atoms in total. The number of carbonyl (C=O) groups is 1. The van der Waals surface area contributed by atoms with Crippen LogP contribution in [-0.4, -0.2) is 25.6 Å². The van der Waals surface area contributed by atoms with Gasteiger partial charge in [-0.15, -0.1) is 0 Å². The Morgan fingerprint density at radius 2 is 2.12 bits per heavy atom. The maximum Gasteiger partial charge on any atom is 0.337 e. The predicted octanol–water partition coefficient (Wildman–Crippen LogP) is 3.86. The van der Waals surface area contributed by atoms with Gasteiger partial charge in [0.2, 0.25) is 0 Å². The third-order valence-electron chi connectivity index (χ3n) is 4.21. The molecule has 26 heavy (non-hydrogen) atoms. The largest absolute Gasteiger partial charge is 0.478 e. The number of halogens is 1. The molecule has 0 aliphatic heterocycles. The molecule has 0 atom stereocenters. The highest BCUT2D eigenvalue weighted by Gasteiger charge is 2.18. The number of aromatic carboxylic acids is 1. The van der Waals surface area contributed by atoms with E-state index in [-0.39, 0.29) is 11.1 Å². The molecule has 4 aromatic rings. The molecular weight excluding hydrogens is 352 g/mol. The highest BCUT2D eigenvalue weighted by molar-refractivity contribution is 6.31. The van der Waals surface area contributed by atoms with E-state index in [9.17, 15) is 15.2 Å². The molecule has 0 aliphatic rings. The minimum Gasteiger partial charge on any atom is -0.478 e. The molecule has 4 rings (SSSR count). The van der Waals surface area contributed by atoms with E-state index in [1.807, 2.05) is 30.3 Å². The van der Waals surface area contributed by atoms with Crippen LogP contribution >= 0.6 is 11.6 Å². The van der Waals surface area contributed by atoms with Crippen LogP contribution in [0.5, 0.6) is 0 Å².